The van der Waals surface area contributed by atoms with Crippen molar-refractivity contribution < 1.29 is 14.7 Å². The maximum absolute atomic E-state index is 11.6. The van der Waals surface area contributed by atoms with Gasteiger partial charge in [-0.15, -0.1) is 11.3 Å². The number of carboxylic acid groups (broad SMARTS) is 1. The minimum Gasteiger partial charge on any atom is -0.480 e. The Morgan fingerprint density at radius 2 is 2.41 bits per heavy atom. The number of fused-ring (bicyclic) bond motifs is 1. The fourth-order valence-electron chi connectivity index (χ4n) is 1.42. The summed E-state index contributed by atoms with van der Waals surface area (Å²) in [5, 5.41) is 12.9. The predicted molar refractivity (Wildman–Crippen MR) is 62.0 cm³/mol. The van der Waals surface area contributed by atoms with E-state index >= 15 is 0 Å². The fourth-order valence-corrected chi connectivity index (χ4v) is 2.27. The van der Waals surface area contributed by atoms with Crippen molar-refractivity contribution in [1.82, 2.24) is 14.7 Å². The molecule has 17 heavy (non-hydrogen) atoms. The first-order valence-electron chi connectivity index (χ1n) is 4.99. The largest absolute Gasteiger partial charge is 0.480 e. The summed E-state index contributed by atoms with van der Waals surface area (Å²) in [6.07, 6.45) is 3.58. The molecule has 0 saturated heterocycles. The molecule has 0 radical (unpaired) electrons. The van der Waals surface area contributed by atoms with Crippen molar-refractivity contribution in [2.24, 2.45) is 0 Å². The first kappa shape index (κ1) is 11.6. The molecule has 0 aromatic carbocycles. The fraction of sp³-hybridized carbons (Fsp3) is 0.300. The summed E-state index contributed by atoms with van der Waals surface area (Å²) in [4.78, 5) is 27.1. The zero-order valence-electron chi connectivity index (χ0n) is 9.08. The molecule has 1 atom stereocenters. The van der Waals surface area contributed by atoms with Crippen LogP contribution < -0.4 is 5.32 Å². The molecular formula is C10H11N3O3S. The third-order valence-corrected chi connectivity index (χ3v) is 3.21. The van der Waals surface area contributed by atoms with Crippen LogP contribution in [0.3, 0.4) is 0 Å². The minimum absolute atomic E-state index is 0.147. The van der Waals surface area contributed by atoms with E-state index in [4.69, 9.17) is 5.11 Å². The molecule has 0 spiro atoms. The van der Waals surface area contributed by atoms with Gasteiger partial charge < -0.3 is 10.4 Å². The van der Waals surface area contributed by atoms with E-state index in [1.54, 1.807) is 12.4 Å². The van der Waals surface area contributed by atoms with Crippen molar-refractivity contribution in [2.45, 2.75) is 19.4 Å². The summed E-state index contributed by atoms with van der Waals surface area (Å²) in [6.45, 7) is 1.43. The molecule has 2 aromatic heterocycles. The number of amides is 1. The molecule has 2 rings (SSSR count). The summed E-state index contributed by atoms with van der Waals surface area (Å²) >= 11 is 1.44. The van der Waals surface area contributed by atoms with Gasteiger partial charge in [0, 0.05) is 23.5 Å². The van der Waals surface area contributed by atoms with Crippen LogP contribution in [0, 0.1) is 0 Å². The van der Waals surface area contributed by atoms with Gasteiger partial charge in [-0.05, 0) is 6.92 Å². The first-order valence-corrected chi connectivity index (χ1v) is 5.87. The Morgan fingerprint density at radius 3 is 3.12 bits per heavy atom. The van der Waals surface area contributed by atoms with Crippen LogP contribution in [0.4, 0.5) is 0 Å². The standard InChI is InChI=1S/C10H11N3O3S/c1-6(9(15)16)12-8(14)4-7-5-17-10-11-2-3-13(7)10/h2-3,5-6H,4H2,1H3,(H,12,14)(H,15,16). The third kappa shape index (κ3) is 2.44. The van der Waals surface area contributed by atoms with E-state index in [0.29, 0.717) is 0 Å². The van der Waals surface area contributed by atoms with E-state index in [1.807, 2.05) is 9.78 Å². The van der Waals surface area contributed by atoms with Crippen molar-refractivity contribution in [3.8, 4) is 0 Å². The van der Waals surface area contributed by atoms with Gasteiger partial charge in [0.25, 0.3) is 0 Å². The van der Waals surface area contributed by atoms with Crippen molar-refractivity contribution in [1.29, 1.82) is 0 Å². The normalized spacial score (nSPS) is 12.5. The minimum atomic E-state index is -1.04. The van der Waals surface area contributed by atoms with Gasteiger partial charge in [0.1, 0.15) is 6.04 Å². The van der Waals surface area contributed by atoms with Crippen LogP contribution in [-0.4, -0.2) is 32.4 Å². The zero-order valence-corrected chi connectivity index (χ0v) is 9.90. The van der Waals surface area contributed by atoms with Gasteiger partial charge in [-0.25, -0.2) is 4.98 Å². The Bertz CT molecular complexity index is 560. The van der Waals surface area contributed by atoms with Crippen molar-refractivity contribution in [3.63, 3.8) is 0 Å². The molecule has 2 N–H and O–H groups in total. The zero-order chi connectivity index (χ0) is 12.4. The number of rotatable bonds is 4. The monoisotopic (exact) mass is 253 g/mol. The van der Waals surface area contributed by atoms with Crippen LogP contribution in [0.15, 0.2) is 17.8 Å². The molecule has 0 fully saturated rings. The van der Waals surface area contributed by atoms with Gasteiger partial charge in [-0.2, -0.15) is 0 Å². The Balaban J connectivity index is 2.04. The smallest absolute Gasteiger partial charge is 0.325 e. The number of hydrogen-bond acceptors (Lipinski definition) is 4. The van der Waals surface area contributed by atoms with E-state index in [0.717, 1.165) is 10.7 Å². The summed E-state index contributed by atoms with van der Waals surface area (Å²) < 4.78 is 1.82. The van der Waals surface area contributed by atoms with Crippen LogP contribution in [0.25, 0.3) is 4.96 Å². The topological polar surface area (TPSA) is 83.7 Å². The second-order valence-electron chi connectivity index (χ2n) is 3.61. The molecule has 0 saturated carbocycles. The Morgan fingerprint density at radius 1 is 1.65 bits per heavy atom. The number of carbonyl (C=O) groups is 2. The van der Waals surface area contributed by atoms with Gasteiger partial charge in [0.15, 0.2) is 4.96 Å². The van der Waals surface area contributed by atoms with Crippen LogP contribution >= 0.6 is 11.3 Å². The molecule has 6 nitrogen and oxygen atoms in total. The van der Waals surface area contributed by atoms with E-state index < -0.39 is 12.0 Å². The highest BCUT2D eigenvalue weighted by molar-refractivity contribution is 7.15. The molecular weight excluding hydrogens is 242 g/mol. The highest BCUT2D eigenvalue weighted by Crippen LogP contribution is 2.14. The number of aromatic nitrogens is 2. The molecule has 1 amide bonds. The molecule has 7 heteroatoms. The second kappa shape index (κ2) is 4.54. The molecule has 0 aliphatic rings. The molecule has 0 aliphatic carbocycles. The number of carboxylic acids is 1. The summed E-state index contributed by atoms with van der Waals surface area (Å²) in [6, 6.07) is -0.876. The molecule has 2 aromatic rings. The number of nitrogens with zero attached hydrogens (tertiary/aromatic N) is 2. The highest BCUT2D eigenvalue weighted by Gasteiger charge is 2.15. The maximum Gasteiger partial charge on any atom is 0.325 e. The van der Waals surface area contributed by atoms with Gasteiger partial charge in [0.05, 0.1) is 6.42 Å². The number of nitrogens with one attached hydrogen (secondary N) is 1. The average Bonchev–Trinajstić information content (AvgIpc) is 2.82. The number of hydrogen-bond donors (Lipinski definition) is 2. The van der Waals surface area contributed by atoms with Crippen molar-refractivity contribution >= 4 is 28.2 Å². The second-order valence-corrected chi connectivity index (χ2v) is 4.45. The first-order chi connectivity index (χ1) is 8.08. The summed E-state index contributed by atoms with van der Waals surface area (Å²) in [5.41, 5.74) is 0.803. The Kier molecular flexibility index (Phi) is 3.10. The molecule has 90 valence electrons. The van der Waals surface area contributed by atoms with Gasteiger partial charge in [-0.1, -0.05) is 0 Å². The van der Waals surface area contributed by atoms with Gasteiger partial charge >= 0.3 is 5.97 Å². The average molecular weight is 253 g/mol. The lowest BCUT2D eigenvalue weighted by atomic mass is 10.3. The summed E-state index contributed by atoms with van der Waals surface area (Å²) in [7, 11) is 0. The number of carbonyl (C=O) groups excluding carboxylic acids is 1. The van der Waals surface area contributed by atoms with Gasteiger partial charge in [-0.3, -0.25) is 14.0 Å². The van der Waals surface area contributed by atoms with Crippen LogP contribution in [0.5, 0.6) is 0 Å². The molecule has 1 unspecified atom stereocenters. The maximum atomic E-state index is 11.6. The lowest BCUT2D eigenvalue weighted by Crippen LogP contribution is -2.39. The van der Waals surface area contributed by atoms with E-state index in [9.17, 15) is 9.59 Å². The Hall–Kier alpha value is -1.89. The number of thiazole rings is 1. The lowest BCUT2D eigenvalue weighted by molar-refractivity contribution is -0.141. The van der Waals surface area contributed by atoms with Gasteiger partial charge in [0.2, 0.25) is 5.91 Å². The quantitative estimate of drug-likeness (QED) is 0.832. The van der Waals surface area contributed by atoms with E-state index in [2.05, 4.69) is 10.3 Å². The molecule has 0 aliphatic heterocycles. The number of imidazole rings is 1. The highest BCUT2D eigenvalue weighted by atomic mass is 32.1. The van der Waals surface area contributed by atoms with Crippen LogP contribution in [-0.2, 0) is 16.0 Å². The number of aliphatic carboxylic acids is 1. The molecule has 2 heterocycles. The summed E-state index contributed by atoms with van der Waals surface area (Å²) in [5.74, 6) is -1.36. The lowest BCUT2D eigenvalue weighted by Gasteiger charge is -2.08. The van der Waals surface area contributed by atoms with Crippen LogP contribution in [0.1, 0.15) is 12.6 Å². The van der Waals surface area contributed by atoms with Crippen molar-refractivity contribution in [3.05, 3.63) is 23.5 Å². The third-order valence-electron chi connectivity index (χ3n) is 2.31. The molecule has 0 bridgehead atoms. The SMILES string of the molecule is CC(NC(=O)Cc1csc2nccn12)C(=O)O. The van der Waals surface area contributed by atoms with E-state index in [1.165, 1.54) is 18.3 Å². The van der Waals surface area contributed by atoms with Crippen LogP contribution in [0.2, 0.25) is 0 Å². The van der Waals surface area contributed by atoms with Crippen molar-refractivity contribution in [2.75, 3.05) is 0 Å². The van der Waals surface area contributed by atoms with E-state index in [-0.39, 0.29) is 12.3 Å². The Labute approximate surface area is 101 Å². The predicted octanol–water partition coefficient (Wildman–Crippen LogP) is 0.528.